The van der Waals surface area contributed by atoms with Gasteiger partial charge in [-0.05, 0) is 37.8 Å². The van der Waals surface area contributed by atoms with E-state index in [1.54, 1.807) is 6.92 Å². The number of hydrogen-bond donors (Lipinski definition) is 1. The molecule has 0 radical (unpaired) electrons. The van der Waals surface area contributed by atoms with E-state index in [9.17, 15) is 5.11 Å². The predicted molar refractivity (Wildman–Crippen MR) is 79.3 cm³/mol. The standard InChI is InChI=1S/C16H26N2O/c1-12(2)11-18(14-6-4-5-7-14)15-8-9-16(13(3)19)17-10-15/h8-10,12-14,19H,4-7,11H2,1-3H3/t13-/m0/s1. The Morgan fingerprint density at radius 2 is 1.95 bits per heavy atom. The summed E-state index contributed by atoms with van der Waals surface area (Å²) in [5.74, 6) is 0.650. The highest BCUT2D eigenvalue weighted by atomic mass is 16.3. The molecule has 0 aromatic carbocycles. The Morgan fingerprint density at radius 1 is 1.26 bits per heavy atom. The topological polar surface area (TPSA) is 36.4 Å². The predicted octanol–water partition coefficient (Wildman–Crippen LogP) is 3.54. The molecule has 1 fully saturated rings. The molecular weight excluding hydrogens is 236 g/mol. The second-order valence-electron chi connectivity index (χ2n) is 6.10. The van der Waals surface area contributed by atoms with E-state index >= 15 is 0 Å². The summed E-state index contributed by atoms with van der Waals surface area (Å²) in [6.07, 6.45) is 6.72. The third kappa shape index (κ3) is 3.69. The average molecular weight is 262 g/mol. The van der Waals surface area contributed by atoms with Crippen LogP contribution in [-0.2, 0) is 0 Å². The van der Waals surface area contributed by atoms with E-state index in [4.69, 9.17) is 0 Å². The Hall–Kier alpha value is -1.09. The fraction of sp³-hybridized carbons (Fsp3) is 0.688. The molecule has 3 nitrogen and oxygen atoms in total. The SMILES string of the molecule is CC(C)CN(c1ccc([C@H](C)O)nc1)C1CCCC1. The summed E-state index contributed by atoms with van der Waals surface area (Å²) in [6, 6.07) is 4.72. The molecule has 1 atom stereocenters. The van der Waals surface area contributed by atoms with Crippen LogP contribution in [0.3, 0.4) is 0 Å². The first-order valence-corrected chi connectivity index (χ1v) is 7.48. The van der Waals surface area contributed by atoms with Crippen molar-refractivity contribution in [1.82, 2.24) is 4.98 Å². The Balaban J connectivity index is 2.16. The fourth-order valence-electron chi connectivity index (χ4n) is 2.89. The number of aliphatic hydroxyl groups is 1. The van der Waals surface area contributed by atoms with Gasteiger partial charge in [0.15, 0.2) is 0 Å². The molecule has 0 saturated heterocycles. The zero-order valence-electron chi connectivity index (χ0n) is 12.3. The number of aliphatic hydroxyl groups excluding tert-OH is 1. The lowest BCUT2D eigenvalue weighted by Gasteiger charge is -2.32. The zero-order valence-corrected chi connectivity index (χ0v) is 12.3. The van der Waals surface area contributed by atoms with Crippen LogP contribution < -0.4 is 4.90 Å². The average Bonchev–Trinajstić information content (AvgIpc) is 2.89. The molecule has 0 amide bonds. The number of pyridine rings is 1. The molecule has 3 heteroatoms. The molecule has 1 aliphatic carbocycles. The molecule has 1 heterocycles. The van der Waals surface area contributed by atoms with Crippen molar-refractivity contribution < 1.29 is 5.11 Å². The van der Waals surface area contributed by atoms with Crippen LogP contribution in [0.1, 0.15) is 58.3 Å². The first-order valence-electron chi connectivity index (χ1n) is 7.48. The minimum absolute atomic E-state index is 0.487. The molecule has 1 N–H and O–H groups in total. The highest BCUT2D eigenvalue weighted by molar-refractivity contribution is 5.46. The van der Waals surface area contributed by atoms with Crippen LogP contribution in [0, 0.1) is 5.92 Å². The molecule has 0 unspecified atom stereocenters. The third-order valence-electron chi connectivity index (χ3n) is 3.86. The molecule has 1 aromatic rings. The summed E-state index contributed by atoms with van der Waals surface area (Å²) in [6.45, 7) is 7.37. The van der Waals surface area contributed by atoms with Gasteiger partial charge in [0.05, 0.1) is 23.7 Å². The van der Waals surface area contributed by atoms with Crippen LogP contribution >= 0.6 is 0 Å². The van der Waals surface area contributed by atoms with Crippen molar-refractivity contribution in [3.63, 3.8) is 0 Å². The quantitative estimate of drug-likeness (QED) is 0.881. The second-order valence-corrected chi connectivity index (χ2v) is 6.10. The monoisotopic (exact) mass is 262 g/mol. The van der Waals surface area contributed by atoms with E-state index in [2.05, 4.69) is 29.8 Å². The van der Waals surface area contributed by atoms with Gasteiger partial charge in [-0.25, -0.2) is 0 Å². The van der Waals surface area contributed by atoms with E-state index in [1.807, 2.05) is 12.3 Å². The molecule has 0 spiro atoms. The first-order chi connectivity index (χ1) is 9.08. The Bertz CT molecular complexity index is 380. The van der Waals surface area contributed by atoms with Gasteiger partial charge in [-0.1, -0.05) is 26.7 Å². The Morgan fingerprint density at radius 3 is 2.42 bits per heavy atom. The van der Waals surface area contributed by atoms with Gasteiger partial charge in [-0.2, -0.15) is 0 Å². The second kappa shape index (κ2) is 6.38. The van der Waals surface area contributed by atoms with Crippen LogP contribution in [0.15, 0.2) is 18.3 Å². The summed E-state index contributed by atoms with van der Waals surface area (Å²) in [5.41, 5.74) is 1.95. The lowest BCUT2D eigenvalue weighted by molar-refractivity contribution is 0.194. The van der Waals surface area contributed by atoms with Gasteiger partial charge in [0, 0.05) is 12.6 Å². The van der Waals surface area contributed by atoms with E-state index < -0.39 is 6.10 Å². The van der Waals surface area contributed by atoms with Gasteiger partial charge in [-0.15, -0.1) is 0 Å². The van der Waals surface area contributed by atoms with Crippen molar-refractivity contribution in [2.75, 3.05) is 11.4 Å². The third-order valence-corrected chi connectivity index (χ3v) is 3.86. The molecule has 1 saturated carbocycles. The van der Waals surface area contributed by atoms with E-state index in [0.717, 1.165) is 12.2 Å². The van der Waals surface area contributed by atoms with E-state index in [0.29, 0.717) is 12.0 Å². The maximum absolute atomic E-state index is 9.53. The minimum atomic E-state index is -0.487. The van der Waals surface area contributed by atoms with Gasteiger partial charge < -0.3 is 10.0 Å². The number of aromatic nitrogens is 1. The smallest absolute Gasteiger partial charge is 0.0931 e. The number of nitrogens with zero attached hydrogens (tertiary/aromatic N) is 2. The van der Waals surface area contributed by atoms with Crippen LogP contribution in [0.25, 0.3) is 0 Å². The summed E-state index contributed by atoms with van der Waals surface area (Å²) in [7, 11) is 0. The van der Waals surface area contributed by atoms with Gasteiger partial charge in [0.25, 0.3) is 0 Å². The Kier molecular flexibility index (Phi) is 4.81. The molecular formula is C16H26N2O. The van der Waals surface area contributed by atoms with Gasteiger partial charge in [-0.3, -0.25) is 4.98 Å². The molecule has 1 aromatic heterocycles. The molecule has 2 rings (SSSR count). The molecule has 19 heavy (non-hydrogen) atoms. The summed E-state index contributed by atoms with van der Waals surface area (Å²) in [5, 5.41) is 9.53. The fourth-order valence-corrected chi connectivity index (χ4v) is 2.89. The largest absolute Gasteiger partial charge is 0.387 e. The molecule has 106 valence electrons. The lowest BCUT2D eigenvalue weighted by Crippen LogP contribution is -2.36. The van der Waals surface area contributed by atoms with Crippen LogP contribution in [0.4, 0.5) is 5.69 Å². The minimum Gasteiger partial charge on any atom is -0.387 e. The van der Waals surface area contributed by atoms with Crippen LogP contribution in [-0.4, -0.2) is 22.7 Å². The van der Waals surface area contributed by atoms with Crippen molar-refractivity contribution in [1.29, 1.82) is 0 Å². The maximum Gasteiger partial charge on any atom is 0.0931 e. The van der Waals surface area contributed by atoms with Gasteiger partial charge in [0.1, 0.15) is 0 Å². The summed E-state index contributed by atoms with van der Waals surface area (Å²) in [4.78, 5) is 6.90. The maximum atomic E-state index is 9.53. The molecule has 0 aliphatic heterocycles. The van der Waals surface area contributed by atoms with E-state index in [-0.39, 0.29) is 0 Å². The van der Waals surface area contributed by atoms with Crippen molar-refractivity contribution in [3.05, 3.63) is 24.0 Å². The lowest BCUT2D eigenvalue weighted by atomic mass is 10.1. The molecule has 0 bridgehead atoms. The van der Waals surface area contributed by atoms with Crippen LogP contribution in [0.2, 0.25) is 0 Å². The normalized spacial score (nSPS) is 17.9. The Labute approximate surface area is 116 Å². The summed E-state index contributed by atoms with van der Waals surface area (Å²) >= 11 is 0. The van der Waals surface area contributed by atoms with Crippen molar-refractivity contribution in [2.24, 2.45) is 5.92 Å². The number of hydrogen-bond acceptors (Lipinski definition) is 3. The zero-order chi connectivity index (χ0) is 13.8. The van der Waals surface area contributed by atoms with Gasteiger partial charge in [0.2, 0.25) is 0 Å². The van der Waals surface area contributed by atoms with E-state index in [1.165, 1.54) is 31.4 Å². The van der Waals surface area contributed by atoms with Crippen molar-refractivity contribution in [2.45, 2.75) is 58.6 Å². The highest BCUT2D eigenvalue weighted by Crippen LogP contribution is 2.29. The summed E-state index contributed by atoms with van der Waals surface area (Å²) < 4.78 is 0. The highest BCUT2D eigenvalue weighted by Gasteiger charge is 2.23. The molecule has 1 aliphatic rings. The number of anilines is 1. The van der Waals surface area contributed by atoms with Crippen LogP contribution in [0.5, 0.6) is 0 Å². The van der Waals surface area contributed by atoms with Crippen molar-refractivity contribution >= 4 is 5.69 Å². The van der Waals surface area contributed by atoms with Gasteiger partial charge >= 0.3 is 0 Å². The van der Waals surface area contributed by atoms with Crippen molar-refractivity contribution in [3.8, 4) is 0 Å². The number of rotatable bonds is 5. The first kappa shape index (κ1) is 14.3.